The van der Waals surface area contributed by atoms with Crippen LogP contribution in [0.15, 0.2) is 24.3 Å². The molecule has 0 aromatic heterocycles. The molecular weight excluding hydrogens is 276 g/mol. The van der Waals surface area contributed by atoms with E-state index < -0.39 is 0 Å². The smallest absolute Gasteiger partial charge is 0.241 e. The molecule has 0 aliphatic carbocycles. The van der Waals surface area contributed by atoms with Gasteiger partial charge < -0.3 is 15.0 Å². The van der Waals surface area contributed by atoms with Crippen LogP contribution in [0.2, 0.25) is 0 Å². The van der Waals surface area contributed by atoms with Crippen molar-refractivity contribution in [2.24, 2.45) is 5.92 Å². The number of carbonyl (C=O) groups is 1. The van der Waals surface area contributed by atoms with Crippen molar-refractivity contribution in [3.05, 3.63) is 24.3 Å². The molecule has 1 aromatic carbocycles. The van der Waals surface area contributed by atoms with Gasteiger partial charge in [-0.1, -0.05) is 27.7 Å². The lowest BCUT2D eigenvalue weighted by molar-refractivity contribution is -0.129. The Kier molecular flexibility index (Phi) is 8.41. The van der Waals surface area contributed by atoms with Gasteiger partial charge in [-0.05, 0) is 43.0 Å². The topological polar surface area (TPSA) is 41.6 Å². The van der Waals surface area contributed by atoms with Gasteiger partial charge in [0.15, 0.2) is 0 Å². The van der Waals surface area contributed by atoms with Gasteiger partial charge in [0.2, 0.25) is 5.91 Å². The number of nitrogens with zero attached hydrogens (tertiary/aromatic N) is 1. The van der Waals surface area contributed by atoms with Crippen molar-refractivity contribution < 1.29 is 9.53 Å². The summed E-state index contributed by atoms with van der Waals surface area (Å²) in [6, 6.07) is 7.77. The first-order chi connectivity index (χ1) is 10.6. The number of benzene rings is 1. The summed E-state index contributed by atoms with van der Waals surface area (Å²) in [5.41, 5.74) is 0.943. The second-order valence-electron chi connectivity index (χ2n) is 5.96. The summed E-state index contributed by atoms with van der Waals surface area (Å²) < 4.78 is 5.65. The molecule has 4 heteroatoms. The first-order valence-corrected chi connectivity index (χ1v) is 8.31. The molecule has 4 nitrogen and oxygen atoms in total. The average Bonchev–Trinajstić information content (AvgIpc) is 2.51. The monoisotopic (exact) mass is 306 g/mol. The predicted octanol–water partition coefficient (Wildman–Crippen LogP) is 3.78. The molecule has 1 N–H and O–H groups in total. The van der Waals surface area contributed by atoms with Gasteiger partial charge in [0.05, 0.1) is 13.2 Å². The van der Waals surface area contributed by atoms with Crippen LogP contribution in [0.25, 0.3) is 0 Å². The van der Waals surface area contributed by atoms with Crippen LogP contribution in [-0.4, -0.2) is 37.0 Å². The van der Waals surface area contributed by atoms with Crippen molar-refractivity contribution in [1.29, 1.82) is 0 Å². The maximum absolute atomic E-state index is 12.2. The molecule has 0 spiro atoms. The number of hydrogen-bond acceptors (Lipinski definition) is 3. The molecule has 0 bridgehead atoms. The number of hydrogen-bond donors (Lipinski definition) is 1. The number of carbonyl (C=O) groups excluding carboxylic acids is 1. The molecule has 0 unspecified atom stereocenters. The highest BCUT2D eigenvalue weighted by atomic mass is 16.5. The van der Waals surface area contributed by atoms with Crippen LogP contribution in [0.3, 0.4) is 0 Å². The van der Waals surface area contributed by atoms with Crippen molar-refractivity contribution in [1.82, 2.24) is 4.90 Å². The van der Waals surface area contributed by atoms with E-state index in [4.69, 9.17) is 4.74 Å². The van der Waals surface area contributed by atoms with E-state index in [-0.39, 0.29) is 5.91 Å². The standard InChI is InChI=1S/C18H30N2O2/c1-5-11-20(12-6-2)18(21)13-19-16-7-9-17(10-8-16)22-14-15(3)4/h7-10,15,19H,5-6,11-14H2,1-4H3. The highest BCUT2D eigenvalue weighted by molar-refractivity contribution is 5.80. The second-order valence-corrected chi connectivity index (χ2v) is 5.96. The Bertz CT molecular complexity index is 423. The molecule has 1 aromatic rings. The van der Waals surface area contributed by atoms with Gasteiger partial charge in [-0.3, -0.25) is 4.79 Å². The minimum Gasteiger partial charge on any atom is -0.493 e. The lowest BCUT2D eigenvalue weighted by Gasteiger charge is -2.21. The summed E-state index contributed by atoms with van der Waals surface area (Å²) in [6.45, 7) is 11.2. The van der Waals surface area contributed by atoms with E-state index in [9.17, 15) is 4.79 Å². The van der Waals surface area contributed by atoms with E-state index in [1.54, 1.807) is 0 Å². The number of amides is 1. The Morgan fingerprint density at radius 3 is 2.23 bits per heavy atom. The predicted molar refractivity (Wildman–Crippen MR) is 92.4 cm³/mol. The van der Waals surface area contributed by atoms with Gasteiger partial charge in [0.25, 0.3) is 0 Å². The van der Waals surface area contributed by atoms with E-state index in [2.05, 4.69) is 33.0 Å². The normalized spacial score (nSPS) is 10.6. The Hall–Kier alpha value is -1.71. The number of ether oxygens (including phenoxy) is 1. The summed E-state index contributed by atoms with van der Waals surface area (Å²) in [4.78, 5) is 14.1. The van der Waals surface area contributed by atoms with Crippen molar-refractivity contribution in [3.63, 3.8) is 0 Å². The lowest BCUT2D eigenvalue weighted by Crippen LogP contribution is -2.36. The SMILES string of the molecule is CCCN(CCC)C(=O)CNc1ccc(OCC(C)C)cc1. The molecular formula is C18H30N2O2. The minimum absolute atomic E-state index is 0.156. The van der Waals surface area contributed by atoms with E-state index in [1.165, 1.54) is 0 Å². The lowest BCUT2D eigenvalue weighted by atomic mass is 10.2. The first kappa shape index (κ1) is 18.3. The summed E-state index contributed by atoms with van der Waals surface area (Å²) in [5.74, 6) is 1.53. The zero-order chi connectivity index (χ0) is 16.4. The molecule has 0 fully saturated rings. The summed E-state index contributed by atoms with van der Waals surface area (Å²) in [6.07, 6.45) is 1.99. The maximum atomic E-state index is 12.2. The molecule has 0 aliphatic rings. The second kappa shape index (κ2) is 10.1. The zero-order valence-electron chi connectivity index (χ0n) is 14.4. The first-order valence-electron chi connectivity index (χ1n) is 8.31. The quantitative estimate of drug-likeness (QED) is 0.715. The summed E-state index contributed by atoms with van der Waals surface area (Å²) >= 11 is 0. The molecule has 22 heavy (non-hydrogen) atoms. The van der Waals surface area contributed by atoms with Gasteiger partial charge in [0.1, 0.15) is 5.75 Å². The molecule has 0 atom stereocenters. The fraction of sp³-hybridized carbons (Fsp3) is 0.611. The molecule has 0 aliphatic heterocycles. The van der Waals surface area contributed by atoms with E-state index >= 15 is 0 Å². The number of anilines is 1. The van der Waals surface area contributed by atoms with Crippen LogP contribution < -0.4 is 10.1 Å². The Balaban J connectivity index is 2.44. The third kappa shape index (κ3) is 6.83. The van der Waals surface area contributed by atoms with Crippen molar-refractivity contribution >= 4 is 11.6 Å². The van der Waals surface area contributed by atoms with Gasteiger partial charge in [0, 0.05) is 18.8 Å². The van der Waals surface area contributed by atoms with E-state index in [1.807, 2.05) is 29.2 Å². The van der Waals surface area contributed by atoms with Crippen LogP contribution in [0.4, 0.5) is 5.69 Å². The number of rotatable bonds is 10. The highest BCUT2D eigenvalue weighted by Crippen LogP contribution is 2.16. The molecule has 1 amide bonds. The largest absolute Gasteiger partial charge is 0.493 e. The molecule has 0 heterocycles. The van der Waals surface area contributed by atoms with Crippen molar-refractivity contribution in [2.75, 3.05) is 31.6 Å². The van der Waals surface area contributed by atoms with Crippen molar-refractivity contribution in [3.8, 4) is 5.75 Å². The van der Waals surface area contributed by atoms with Gasteiger partial charge in [-0.15, -0.1) is 0 Å². The Morgan fingerprint density at radius 1 is 1.14 bits per heavy atom. The van der Waals surface area contributed by atoms with Crippen LogP contribution in [0, 0.1) is 5.92 Å². The highest BCUT2D eigenvalue weighted by Gasteiger charge is 2.11. The third-order valence-corrected chi connectivity index (χ3v) is 3.22. The summed E-state index contributed by atoms with van der Waals surface area (Å²) in [5, 5.41) is 3.19. The van der Waals surface area contributed by atoms with Crippen molar-refractivity contribution in [2.45, 2.75) is 40.5 Å². The molecule has 124 valence electrons. The average molecular weight is 306 g/mol. The van der Waals surface area contributed by atoms with E-state index in [0.29, 0.717) is 19.1 Å². The van der Waals surface area contributed by atoms with Gasteiger partial charge >= 0.3 is 0 Å². The number of nitrogens with one attached hydrogen (secondary N) is 1. The van der Waals surface area contributed by atoms with Gasteiger partial charge in [-0.25, -0.2) is 0 Å². The third-order valence-electron chi connectivity index (χ3n) is 3.22. The maximum Gasteiger partial charge on any atom is 0.241 e. The minimum atomic E-state index is 0.156. The molecule has 0 saturated carbocycles. The van der Waals surface area contributed by atoms with Gasteiger partial charge in [-0.2, -0.15) is 0 Å². The fourth-order valence-electron chi connectivity index (χ4n) is 2.12. The van der Waals surface area contributed by atoms with Crippen LogP contribution in [-0.2, 0) is 4.79 Å². The molecule has 1 rings (SSSR count). The van der Waals surface area contributed by atoms with E-state index in [0.717, 1.165) is 37.4 Å². The molecule has 0 saturated heterocycles. The molecule has 0 radical (unpaired) electrons. The van der Waals surface area contributed by atoms with Crippen LogP contribution >= 0.6 is 0 Å². The zero-order valence-corrected chi connectivity index (χ0v) is 14.4. The fourth-order valence-corrected chi connectivity index (χ4v) is 2.12. The van der Waals surface area contributed by atoms with Crippen LogP contribution in [0.1, 0.15) is 40.5 Å². The van der Waals surface area contributed by atoms with Crippen LogP contribution in [0.5, 0.6) is 5.75 Å². The Labute approximate surface area is 134 Å². The summed E-state index contributed by atoms with van der Waals surface area (Å²) in [7, 11) is 0. The Morgan fingerprint density at radius 2 is 1.73 bits per heavy atom.